The zero-order chi connectivity index (χ0) is 21.5. The van der Waals surface area contributed by atoms with Crippen LogP contribution in [0, 0.1) is 0 Å². The molecule has 1 saturated heterocycles. The van der Waals surface area contributed by atoms with Gasteiger partial charge in [-0.3, -0.25) is 4.79 Å². The summed E-state index contributed by atoms with van der Waals surface area (Å²) < 4.78 is 5.82. The number of nitrogens with zero attached hydrogens (tertiary/aromatic N) is 2. The molecule has 2 N–H and O–H groups in total. The van der Waals surface area contributed by atoms with Gasteiger partial charge in [0.1, 0.15) is 6.10 Å². The molecule has 1 aliphatic rings. The molecule has 1 heterocycles. The number of morpholine rings is 1. The smallest absolute Gasteiger partial charge is 0.317 e. The molecular weight excluding hydrogens is 404 g/mol. The molecule has 0 spiro atoms. The van der Waals surface area contributed by atoms with E-state index in [0.717, 1.165) is 11.1 Å². The number of hydrogen-bond acceptors (Lipinski definition) is 4. The number of ether oxygens (including phenoxy) is 1. The fraction of sp³-hybridized carbons (Fsp3) is 0.364. The standard InChI is InChI=1S/C22H27ClN4O3/c1-26(2)15-21(28)25-17-7-5-6-16(12-17)13-24-22(29)27-10-11-30-20(14-27)18-8-3-4-9-19(18)23/h3-9,12,20H,10-11,13-15H2,1-2H3,(H,24,29)(H,25,28). The van der Waals surface area contributed by atoms with Gasteiger partial charge in [0, 0.05) is 29.4 Å². The molecule has 3 amide bonds. The Kier molecular flexibility index (Phi) is 7.68. The van der Waals surface area contributed by atoms with Crippen LogP contribution < -0.4 is 10.6 Å². The van der Waals surface area contributed by atoms with Crippen LogP contribution in [0.5, 0.6) is 0 Å². The van der Waals surface area contributed by atoms with Crippen LogP contribution in [-0.2, 0) is 16.1 Å². The van der Waals surface area contributed by atoms with Gasteiger partial charge in [0.2, 0.25) is 5.91 Å². The zero-order valence-electron chi connectivity index (χ0n) is 17.2. The van der Waals surface area contributed by atoms with Gasteiger partial charge in [-0.25, -0.2) is 4.79 Å². The Morgan fingerprint density at radius 1 is 1.20 bits per heavy atom. The van der Waals surface area contributed by atoms with Crippen molar-refractivity contribution in [3.63, 3.8) is 0 Å². The van der Waals surface area contributed by atoms with Crippen molar-refractivity contribution in [2.45, 2.75) is 12.6 Å². The molecule has 0 aliphatic carbocycles. The van der Waals surface area contributed by atoms with E-state index in [0.29, 0.717) is 43.5 Å². The number of carbonyl (C=O) groups excluding carboxylic acids is 2. The first-order valence-corrected chi connectivity index (χ1v) is 10.2. The van der Waals surface area contributed by atoms with Gasteiger partial charge in [-0.15, -0.1) is 0 Å². The molecule has 7 nitrogen and oxygen atoms in total. The van der Waals surface area contributed by atoms with E-state index >= 15 is 0 Å². The van der Waals surface area contributed by atoms with Crippen LogP contribution in [0.2, 0.25) is 5.02 Å². The third-order valence-corrected chi connectivity index (χ3v) is 5.06. The Morgan fingerprint density at radius 3 is 2.77 bits per heavy atom. The van der Waals surface area contributed by atoms with Gasteiger partial charge in [-0.1, -0.05) is 41.9 Å². The first-order valence-electron chi connectivity index (χ1n) is 9.84. The molecule has 3 rings (SSSR count). The monoisotopic (exact) mass is 430 g/mol. The van der Waals surface area contributed by atoms with Crippen LogP contribution in [-0.4, -0.2) is 62.1 Å². The average Bonchev–Trinajstić information content (AvgIpc) is 2.72. The van der Waals surface area contributed by atoms with E-state index in [2.05, 4.69) is 10.6 Å². The highest BCUT2D eigenvalue weighted by Crippen LogP contribution is 2.28. The van der Waals surface area contributed by atoms with Crippen molar-refractivity contribution in [3.05, 3.63) is 64.7 Å². The Labute approximate surface area is 181 Å². The zero-order valence-corrected chi connectivity index (χ0v) is 18.0. The maximum atomic E-state index is 12.7. The molecule has 1 aliphatic heterocycles. The molecule has 0 aromatic heterocycles. The number of amides is 3. The van der Waals surface area contributed by atoms with E-state index < -0.39 is 0 Å². The lowest BCUT2D eigenvalue weighted by Gasteiger charge is -2.33. The lowest BCUT2D eigenvalue weighted by molar-refractivity contribution is -0.116. The summed E-state index contributed by atoms with van der Waals surface area (Å²) in [5.41, 5.74) is 2.50. The van der Waals surface area contributed by atoms with Crippen molar-refractivity contribution in [2.75, 3.05) is 45.7 Å². The summed E-state index contributed by atoms with van der Waals surface area (Å²) in [6.45, 7) is 2.09. The van der Waals surface area contributed by atoms with E-state index in [-0.39, 0.29) is 18.0 Å². The fourth-order valence-corrected chi connectivity index (χ4v) is 3.55. The summed E-state index contributed by atoms with van der Waals surface area (Å²) in [6, 6.07) is 14.8. The number of benzene rings is 2. The molecule has 8 heteroatoms. The van der Waals surface area contributed by atoms with Crippen LogP contribution in [0.3, 0.4) is 0 Å². The molecule has 30 heavy (non-hydrogen) atoms. The van der Waals surface area contributed by atoms with E-state index in [1.807, 2.05) is 62.6 Å². The lowest BCUT2D eigenvalue weighted by Crippen LogP contribution is -2.47. The van der Waals surface area contributed by atoms with Crippen molar-refractivity contribution < 1.29 is 14.3 Å². The number of anilines is 1. The number of carbonyl (C=O) groups is 2. The molecule has 0 saturated carbocycles. The maximum Gasteiger partial charge on any atom is 0.317 e. The lowest BCUT2D eigenvalue weighted by atomic mass is 10.1. The number of nitrogens with one attached hydrogen (secondary N) is 2. The van der Waals surface area contributed by atoms with Crippen molar-refractivity contribution in [3.8, 4) is 0 Å². The van der Waals surface area contributed by atoms with Gasteiger partial charge in [0.25, 0.3) is 0 Å². The number of hydrogen-bond donors (Lipinski definition) is 2. The fourth-order valence-electron chi connectivity index (χ4n) is 3.29. The van der Waals surface area contributed by atoms with E-state index in [9.17, 15) is 9.59 Å². The second-order valence-electron chi connectivity index (χ2n) is 7.47. The molecule has 0 bridgehead atoms. The van der Waals surface area contributed by atoms with Crippen LogP contribution in [0.25, 0.3) is 0 Å². The quantitative estimate of drug-likeness (QED) is 0.738. The molecule has 1 fully saturated rings. The van der Waals surface area contributed by atoms with Crippen LogP contribution in [0.1, 0.15) is 17.2 Å². The van der Waals surface area contributed by atoms with Crippen molar-refractivity contribution in [1.82, 2.24) is 15.1 Å². The van der Waals surface area contributed by atoms with Gasteiger partial charge < -0.3 is 25.2 Å². The topological polar surface area (TPSA) is 73.9 Å². The first kappa shape index (κ1) is 22.1. The molecule has 160 valence electrons. The van der Waals surface area contributed by atoms with Gasteiger partial charge in [0.15, 0.2) is 0 Å². The minimum Gasteiger partial charge on any atom is -0.370 e. The van der Waals surface area contributed by atoms with Gasteiger partial charge in [-0.2, -0.15) is 0 Å². The number of rotatable bonds is 6. The summed E-state index contributed by atoms with van der Waals surface area (Å²) in [4.78, 5) is 28.1. The molecule has 2 aromatic rings. The third-order valence-electron chi connectivity index (χ3n) is 4.72. The van der Waals surface area contributed by atoms with E-state index in [1.165, 1.54) is 0 Å². The van der Waals surface area contributed by atoms with Gasteiger partial charge in [-0.05, 0) is 37.9 Å². The third kappa shape index (κ3) is 6.19. The Bertz CT molecular complexity index is 890. The highest BCUT2D eigenvalue weighted by molar-refractivity contribution is 6.31. The summed E-state index contributed by atoms with van der Waals surface area (Å²) >= 11 is 6.27. The minimum atomic E-state index is -0.242. The first-order chi connectivity index (χ1) is 14.4. The Hall–Kier alpha value is -2.61. The molecule has 1 unspecified atom stereocenters. The van der Waals surface area contributed by atoms with Crippen molar-refractivity contribution >= 4 is 29.2 Å². The molecule has 0 radical (unpaired) electrons. The highest BCUT2D eigenvalue weighted by Gasteiger charge is 2.26. The minimum absolute atomic E-state index is 0.0832. The number of likely N-dealkylation sites (N-methyl/N-ethyl adjacent to an activating group) is 1. The second kappa shape index (κ2) is 10.4. The predicted molar refractivity (Wildman–Crippen MR) is 118 cm³/mol. The summed E-state index contributed by atoms with van der Waals surface area (Å²) in [5.74, 6) is -0.0832. The van der Waals surface area contributed by atoms with Gasteiger partial charge in [0.05, 0.1) is 19.7 Å². The Balaban J connectivity index is 1.54. The summed E-state index contributed by atoms with van der Waals surface area (Å²) in [5, 5.41) is 6.44. The van der Waals surface area contributed by atoms with Crippen molar-refractivity contribution in [2.24, 2.45) is 0 Å². The SMILES string of the molecule is CN(C)CC(=O)Nc1cccc(CNC(=O)N2CCOC(c3ccccc3Cl)C2)c1. The predicted octanol–water partition coefficient (Wildman–Crippen LogP) is 3.12. The number of urea groups is 1. The molecule has 1 atom stereocenters. The van der Waals surface area contributed by atoms with E-state index in [4.69, 9.17) is 16.3 Å². The summed E-state index contributed by atoms with van der Waals surface area (Å²) in [7, 11) is 3.68. The van der Waals surface area contributed by atoms with Crippen LogP contribution >= 0.6 is 11.6 Å². The Morgan fingerprint density at radius 2 is 2.00 bits per heavy atom. The molecule has 2 aromatic carbocycles. The van der Waals surface area contributed by atoms with Crippen LogP contribution in [0.4, 0.5) is 10.5 Å². The van der Waals surface area contributed by atoms with Crippen LogP contribution in [0.15, 0.2) is 48.5 Å². The normalized spacial score (nSPS) is 16.4. The average molecular weight is 431 g/mol. The van der Waals surface area contributed by atoms with Gasteiger partial charge >= 0.3 is 6.03 Å². The number of halogens is 1. The molecular formula is C22H27ClN4O3. The second-order valence-corrected chi connectivity index (χ2v) is 7.88. The summed E-state index contributed by atoms with van der Waals surface area (Å²) in [6.07, 6.45) is -0.242. The maximum absolute atomic E-state index is 12.7. The van der Waals surface area contributed by atoms with Crippen molar-refractivity contribution in [1.29, 1.82) is 0 Å². The van der Waals surface area contributed by atoms with E-state index in [1.54, 1.807) is 9.80 Å². The highest BCUT2D eigenvalue weighted by atomic mass is 35.5. The largest absolute Gasteiger partial charge is 0.370 e.